The number of hydrogen-bond donors (Lipinski definition) is 1. The van der Waals surface area contributed by atoms with E-state index in [2.05, 4.69) is 10.2 Å². The molecule has 0 radical (unpaired) electrons. The average Bonchev–Trinajstić information content (AvgIpc) is 3.28. The van der Waals surface area contributed by atoms with E-state index in [1.165, 1.54) is 0 Å². The second kappa shape index (κ2) is 7.27. The van der Waals surface area contributed by atoms with Crippen LogP contribution in [-0.4, -0.2) is 91.1 Å². The Balaban J connectivity index is 1.39. The highest BCUT2D eigenvalue weighted by atomic mass is 16.5. The smallest absolute Gasteiger partial charge is 0.397 e. The van der Waals surface area contributed by atoms with Crippen LogP contribution in [0.4, 0.5) is 0 Å². The van der Waals surface area contributed by atoms with Crippen LogP contribution in [0.25, 0.3) is 0 Å². The Labute approximate surface area is 135 Å². The highest BCUT2D eigenvalue weighted by molar-refractivity contribution is 6.32. The van der Waals surface area contributed by atoms with Crippen molar-refractivity contribution in [2.45, 2.75) is 25.3 Å². The molecule has 128 valence electrons. The van der Waals surface area contributed by atoms with Gasteiger partial charge in [-0.25, -0.2) is 4.79 Å². The third-order valence-electron chi connectivity index (χ3n) is 4.79. The Morgan fingerprint density at radius 1 is 1.26 bits per heavy atom. The van der Waals surface area contributed by atoms with Crippen molar-refractivity contribution in [3.63, 3.8) is 0 Å². The summed E-state index contributed by atoms with van der Waals surface area (Å²) in [6.07, 6.45) is 2.49. The standard InChI is InChI=1S/C15H24N4O4/c20-13-2-1-5-17(13)8-9-23-15(22)14(21)19-7-6-18(11-19)12-3-4-16-10-12/h12,16H,1-11H2. The molecule has 0 aromatic heterocycles. The minimum absolute atomic E-state index is 0.0837. The quantitative estimate of drug-likeness (QED) is 0.507. The van der Waals surface area contributed by atoms with Gasteiger partial charge in [0.2, 0.25) is 5.91 Å². The van der Waals surface area contributed by atoms with Crippen LogP contribution in [0.2, 0.25) is 0 Å². The molecule has 3 aliphatic heterocycles. The molecule has 3 fully saturated rings. The molecular weight excluding hydrogens is 300 g/mol. The van der Waals surface area contributed by atoms with Crippen LogP contribution < -0.4 is 5.32 Å². The molecule has 0 bridgehead atoms. The van der Waals surface area contributed by atoms with E-state index in [-0.39, 0.29) is 12.5 Å². The Morgan fingerprint density at radius 3 is 2.83 bits per heavy atom. The highest BCUT2D eigenvalue weighted by Crippen LogP contribution is 2.14. The Bertz CT molecular complexity index is 478. The second-order valence-electron chi connectivity index (χ2n) is 6.29. The topological polar surface area (TPSA) is 82.2 Å². The predicted molar refractivity (Wildman–Crippen MR) is 81.3 cm³/mol. The fourth-order valence-electron chi connectivity index (χ4n) is 3.40. The first kappa shape index (κ1) is 16.2. The third-order valence-corrected chi connectivity index (χ3v) is 4.79. The molecule has 8 nitrogen and oxygen atoms in total. The SMILES string of the molecule is O=C(OCCN1CCCC1=O)C(=O)N1CCN(C2CCNC2)C1. The molecule has 8 heteroatoms. The number of nitrogens with one attached hydrogen (secondary N) is 1. The molecule has 1 atom stereocenters. The van der Waals surface area contributed by atoms with Crippen molar-refractivity contribution in [2.75, 3.05) is 52.5 Å². The van der Waals surface area contributed by atoms with Gasteiger partial charge in [-0.05, 0) is 19.4 Å². The molecule has 0 aromatic rings. The van der Waals surface area contributed by atoms with Gasteiger partial charge in [0.05, 0.1) is 13.2 Å². The first-order chi connectivity index (χ1) is 11.1. The van der Waals surface area contributed by atoms with Crippen LogP contribution in [0.5, 0.6) is 0 Å². The first-order valence-corrected chi connectivity index (χ1v) is 8.34. The number of rotatable bonds is 4. The molecule has 0 saturated carbocycles. The lowest BCUT2D eigenvalue weighted by Crippen LogP contribution is -2.41. The number of carbonyl (C=O) groups excluding carboxylic acids is 3. The van der Waals surface area contributed by atoms with Crippen LogP contribution in [0, 0.1) is 0 Å². The van der Waals surface area contributed by atoms with Crippen molar-refractivity contribution >= 4 is 17.8 Å². The largest absolute Gasteiger partial charge is 0.457 e. The van der Waals surface area contributed by atoms with Gasteiger partial charge in [-0.1, -0.05) is 0 Å². The van der Waals surface area contributed by atoms with Gasteiger partial charge in [0, 0.05) is 38.6 Å². The second-order valence-corrected chi connectivity index (χ2v) is 6.29. The molecule has 3 heterocycles. The van der Waals surface area contributed by atoms with Gasteiger partial charge < -0.3 is 19.9 Å². The van der Waals surface area contributed by atoms with Crippen molar-refractivity contribution in [1.82, 2.24) is 20.0 Å². The van der Waals surface area contributed by atoms with E-state index in [0.29, 0.717) is 38.8 Å². The molecule has 2 amide bonds. The summed E-state index contributed by atoms with van der Waals surface area (Å²) in [5.41, 5.74) is 0. The van der Waals surface area contributed by atoms with Gasteiger partial charge in [0.25, 0.3) is 0 Å². The molecule has 0 spiro atoms. The van der Waals surface area contributed by atoms with Crippen molar-refractivity contribution in [3.05, 3.63) is 0 Å². The normalized spacial score (nSPS) is 25.4. The molecule has 0 aromatic carbocycles. The maximum atomic E-state index is 12.1. The summed E-state index contributed by atoms with van der Waals surface area (Å²) in [4.78, 5) is 40.9. The zero-order chi connectivity index (χ0) is 16.2. The Hall–Kier alpha value is -1.67. The average molecular weight is 324 g/mol. The zero-order valence-corrected chi connectivity index (χ0v) is 13.3. The predicted octanol–water partition coefficient (Wildman–Crippen LogP) is -1.38. The summed E-state index contributed by atoms with van der Waals surface area (Å²) in [5, 5.41) is 3.31. The summed E-state index contributed by atoms with van der Waals surface area (Å²) in [6, 6.07) is 0.449. The van der Waals surface area contributed by atoms with Crippen molar-refractivity contribution in [3.8, 4) is 0 Å². The van der Waals surface area contributed by atoms with E-state index in [9.17, 15) is 14.4 Å². The van der Waals surface area contributed by atoms with Crippen LogP contribution in [0.3, 0.4) is 0 Å². The van der Waals surface area contributed by atoms with Gasteiger partial charge in [-0.15, -0.1) is 0 Å². The summed E-state index contributed by atoms with van der Waals surface area (Å²) in [6.45, 7) is 4.97. The highest BCUT2D eigenvalue weighted by Gasteiger charge is 2.33. The van der Waals surface area contributed by atoms with E-state index >= 15 is 0 Å². The minimum atomic E-state index is -0.817. The lowest BCUT2D eigenvalue weighted by Gasteiger charge is -2.23. The maximum Gasteiger partial charge on any atom is 0.397 e. The number of nitrogens with zero attached hydrogens (tertiary/aromatic N) is 3. The number of carbonyl (C=O) groups is 3. The van der Waals surface area contributed by atoms with Gasteiger partial charge in [-0.2, -0.15) is 0 Å². The molecule has 1 N–H and O–H groups in total. The molecule has 3 aliphatic rings. The Kier molecular flexibility index (Phi) is 5.12. The lowest BCUT2D eigenvalue weighted by atomic mass is 10.2. The zero-order valence-electron chi connectivity index (χ0n) is 13.3. The number of hydrogen-bond acceptors (Lipinski definition) is 6. The van der Waals surface area contributed by atoms with E-state index in [1.807, 2.05) is 0 Å². The fraction of sp³-hybridized carbons (Fsp3) is 0.800. The minimum Gasteiger partial charge on any atom is -0.457 e. The van der Waals surface area contributed by atoms with Crippen molar-refractivity contribution in [2.24, 2.45) is 0 Å². The van der Waals surface area contributed by atoms with E-state index in [4.69, 9.17) is 4.74 Å². The molecule has 3 saturated heterocycles. The number of likely N-dealkylation sites (tertiary alicyclic amines) is 1. The number of esters is 1. The van der Waals surface area contributed by atoms with Gasteiger partial charge >= 0.3 is 11.9 Å². The maximum absolute atomic E-state index is 12.1. The molecular formula is C15H24N4O4. The number of amides is 2. The van der Waals surface area contributed by atoms with Crippen LogP contribution in [-0.2, 0) is 19.1 Å². The summed E-state index contributed by atoms with van der Waals surface area (Å²) in [7, 11) is 0. The van der Waals surface area contributed by atoms with Gasteiger partial charge in [-0.3, -0.25) is 14.5 Å². The monoisotopic (exact) mass is 324 g/mol. The fourth-order valence-corrected chi connectivity index (χ4v) is 3.40. The van der Waals surface area contributed by atoms with Crippen molar-refractivity contribution < 1.29 is 19.1 Å². The first-order valence-electron chi connectivity index (χ1n) is 8.34. The van der Waals surface area contributed by atoms with Crippen LogP contribution in [0.1, 0.15) is 19.3 Å². The van der Waals surface area contributed by atoms with E-state index in [1.54, 1.807) is 9.80 Å². The molecule has 0 aliphatic carbocycles. The van der Waals surface area contributed by atoms with Crippen molar-refractivity contribution in [1.29, 1.82) is 0 Å². The van der Waals surface area contributed by atoms with Gasteiger partial charge in [0.15, 0.2) is 0 Å². The summed E-state index contributed by atoms with van der Waals surface area (Å²) in [5.74, 6) is -1.30. The summed E-state index contributed by atoms with van der Waals surface area (Å²) < 4.78 is 5.03. The lowest BCUT2D eigenvalue weighted by molar-refractivity contribution is -0.160. The molecule has 23 heavy (non-hydrogen) atoms. The van der Waals surface area contributed by atoms with Crippen LogP contribution >= 0.6 is 0 Å². The molecule has 1 unspecified atom stereocenters. The van der Waals surface area contributed by atoms with Crippen LogP contribution in [0.15, 0.2) is 0 Å². The Morgan fingerprint density at radius 2 is 2.13 bits per heavy atom. The summed E-state index contributed by atoms with van der Waals surface area (Å²) >= 11 is 0. The van der Waals surface area contributed by atoms with E-state index in [0.717, 1.165) is 32.5 Å². The third kappa shape index (κ3) is 3.81. The van der Waals surface area contributed by atoms with E-state index < -0.39 is 11.9 Å². The molecule has 3 rings (SSSR count). The number of ether oxygens (including phenoxy) is 1. The van der Waals surface area contributed by atoms with Gasteiger partial charge in [0.1, 0.15) is 6.61 Å².